The minimum atomic E-state index is -0.393. The van der Waals surface area contributed by atoms with E-state index in [2.05, 4.69) is 15.7 Å². The lowest BCUT2D eigenvalue weighted by Crippen LogP contribution is -2.18. The van der Waals surface area contributed by atoms with Crippen molar-refractivity contribution in [3.63, 3.8) is 0 Å². The highest BCUT2D eigenvalue weighted by Crippen LogP contribution is 2.21. The number of fused-ring (bicyclic) bond motifs is 1. The van der Waals surface area contributed by atoms with Gasteiger partial charge >= 0.3 is 5.63 Å². The fourth-order valence-electron chi connectivity index (χ4n) is 3.01. The van der Waals surface area contributed by atoms with E-state index in [9.17, 15) is 9.18 Å². The van der Waals surface area contributed by atoms with Gasteiger partial charge in [-0.1, -0.05) is 18.2 Å². The summed E-state index contributed by atoms with van der Waals surface area (Å²) in [7, 11) is 0. The van der Waals surface area contributed by atoms with Gasteiger partial charge in [0.2, 0.25) is 0 Å². The van der Waals surface area contributed by atoms with Gasteiger partial charge in [-0.25, -0.2) is 9.18 Å². The number of thiocarbonyl (C=S) groups is 1. The second kappa shape index (κ2) is 7.84. The molecule has 4 rings (SSSR count). The maximum Gasteiger partial charge on any atom is 0.336 e. The Labute approximate surface area is 171 Å². The van der Waals surface area contributed by atoms with Crippen LogP contribution in [0, 0.1) is 12.7 Å². The summed E-state index contributed by atoms with van der Waals surface area (Å²) in [6.07, 6.45) is 3.35. The zero-order chi connectivity index (χ0) is 20.4. The predicted molar refractivity (Wildman–Crippen MR) is 115 cm³/mol. The van der Waals surface area contributed by atoms with Gasteiger partial charge in [0.05, 0.1) is 18.4 Å². The van der Waals surface area contributed by atoms with Crippen LogP contribution in [-0.2, 0) is 6.54 Å². The number of anilines is 2. The van der Waals surface area contributed by atoms with Gasteiger partial charge in [-0.05, 0) is 42.9 Å². The summed E-state index contributed by atoms with van der Waals surface area (Å²) in [5.41, 5.74) is 2.85. The zero-order valence-corrected chi connectivity index (χ0v) is 16.3. The number of benzene rings is 2. The summed E-state index contributed by atoms with van der Waals surface area (Å²) in [5, 5.41) is 11.5. The molecule has 0 bridgehead atoms. The molecule has 0 atom stereocenters. The predicted octanol–water partition coefficient (Wildman–Crippen LogP) is 4.29. The van der Waals surface area contributed by atoms with Crippen LogP contribution in [0.3, 0.4) is 0 Å². The molecule has 0 amide bonds. The van der Waals surface area contributed by atoms with Crippen LogP contribution in [0.1, 0.15) is 11.1 Å². The van der Waals surface area contributed by atoms with Crippen LogP contribution < -0.4 is 16.3 Å². The van der Waals surface area contributed by atoms with Crippen molar-refractivity contribution in [2.75, 3.05) is 10.6 Å². The second-order valence-corrected chi connectivity index (χ2v) is 6.96. The highest BCUT2D eigenvalue weighted by atomic mass is 32.1. The molecular formula is C21H17FN4O2S. The van der Waals surface area contributed by atoms with E-state index in [0.717, 1.165) is 10.9 Å². The first-order chi connectivity index (χ1) is 14.0. The van der Waals surface area contributed by atoms with E-state index in [-0.39, 0.29) is 5.82 Å². The lowest BCUT2D eigenvalue weighted by atomic mass is 10.1. The van der Waals surface area contributed by atoms with Crippen molar-refractivity contribution >= 4 is 39.7 Å². The lowest BCUT2D eigenvalue weighted by Gasteiger charge is -2.10. The molecule has 29 heavy (non-hydrogen) atoms. The first-order valence-corrected chi connectivity index (χ1v) is 9.27. The molecule has 0 aliphatic rings. The van der Waals surface area contributed by atoms with Crippen LogP contribution in [0.4, 0.5) is 15.8 Å². The van der Waals surface area contributed by atoms with E-state index in [0.29, 0.717) is 34.2 Å². The van der Waals surface area contributed by atoms with Gasteiger partial charge < -0.3 is 15.1 Å². The number of rotatable bonds is 4. The Bertz CT molecular complexity index is 1270. The number of hydrogen-bond donors (Lipinski definition) is 2. The van der Waals surface area contributed by atoms with Gasteiger partial charge in [-0.2, -0.15) is 5.10 Å². The molecular weight excluding hydrogens is 391 g/mol. The Hall–Kier alpha value is -3.52. The summed E-state index contributed by atoms with van der Waals surface area (Å²) >= 11 is 5.34. The molecule has 6 nitrogen and oxygen atoms in total. The minimum absolute atomic E-state index is 0.270. The van der Waals surface area contributed by atoms with Crippen molar-refractivity contribution in [2.24, 2.45) is 0 Å². The molecule has 0 saturated carbocycles. The largest absolute Gasteiger partial charge is 0.423 e. The summed E-state index contributed by atoms with van der Waals surface area (Å²) in [4.78, 5) is 11.6. The second-order valence-electron chi connectivity index (χ2n) is 6.56. The number of aromatic nitrogens is 2. The average molecular weight is 408 g/mol. The van der Waals surface area contributed by atoms with Gasteiger partial charge in [0.1, 0.15) is 11.4 Å². The summed E-state index contributed by atoms with van der Waals surface area (Å²) in [5.74, 6) is -0.270. The van der Waals surface area contributed by atoms with Crippen molar-refractivity contribution in [2.45, 2.75) is 13.5 Å². The van der Waals surface area contributed by atoms with Crippen molar-refractivity contribution in [1.29, 1.82) is 0 Å². The summed E-state index contributed by atoms with van der Waals surface area (Å²) in [6, 6.07) is 13.5. The van der Waals surface area contributed by atoms with Crippen LogP contribution >= 0.6 is 12.2 Å². The Morgan fingerprint density at radius 2 is 1.97 bits per heavy atom. The van der Waals surface area contributed by atoms with Gasteiger partial charge in [0.15, 0.2) is 5.11 Å². The maximum atomic E-state index is 13.8. The Balaban J connectivity index is 1.44. The molecule has 2 heterocycles. The molecule has 2 aromatic carbocycles. The fraction of sp³-hybridized carbons (Fsp3) is 0.0952. The molecule has 0 spiro atoms. The monoisotopic (exact) mass is 408 g/mol. The standard InChI is InChI=1S/C21H17FN4O2S/c1-13-8-20(27)28-19-9-15(6-7-17(13)19)24-21(29)25-16-10-23-26(12-16)11-14-4-2-3-5-18(14)22/h2-10,12H,11H2,1H3,(H2,24,25,29). The smallest absolute Gasteiger partial charge is 0.336 e. The third kappa shape index (κ3) is 4.33. The Morgan fingerprint density at radius 1 is 1.17 bits per heavy atom. The highest BCUT2D eigenvalue weighted by Gasteiger charge is 2.07. The average Bonchev–Trinajstić information content (AvgIpc) is 3.10. The van der Waals surface area contributed by atoms with E-state index in [1.807, 2.05) is 19.1 Å². The number of halogens is 1. The lowest BCUT2D eigenvalue weighted by molar-refractivity contribution is 0.560. The van der Waals surface area contributed by atoms with Crippen molar-refractivity contribution in [1.82, 2.24) is 9.78 Å². The van der Waals surface area contributed by atoms with Gasteiger partial charge in [0.25, 0.3) is 0 Å². The third-order valence-electron chi connectivity index (χ3n) is 4.39. The highest BCUT2D eigenvalue weighted by molar-refractivity contribution is 7.80. The van der Waals surface area contributed by atoms with Crippen LogP contribution in [0.15, 0.2) is 70.1 Å². The molecule has 0 radical (unpaired) electrons. The maximum absolute atomic E-state index is 13.8. The number of hydrogen-bond acceptors (Lipinski definition) is 4. The molecule has 4 aromatic rings. The fourth-order valence-corrected chi connectivity index (χ4v) is 3.25. The molecule has 0 unspecified atom stereocenters. The molecule has 0 aliphatic heterocycles. The summed E-state index contributed by atoms with van der Waals surface area (Å²) in [6.45, 7) is 2.18. The van der Waals surface area contributed by atoms with E-state index in [1.165, 1.54) is 12.1 Å². The molecule has 146 valence electrons. The van der Waals surface area contributed by atoms with Crippen molar-refractivity contribution in [3.05, 3.63) is 88.3 Å². The molecule has 0 fully saturated rings. The quantitative estimate of drug-likeness (QED) is 0.388. The van der Waals surface area contributed by atoms with Crippen LogP contribution in [0.25, 0.3) is 11.0 Å². The molecule has 8 heteroatoms. The third-order valence-corrected chi connectivity index (χ3v) is 4.59. The Kier molecular flexibility index (Phi) is 5.09. The van der Waals surface area contributed by atoms with Crippen LogP contribution in [0.5, 0.6) is 0 Å². The number of aryl methyl sites for hydroxylation is 1. The SMILES string of the molecule is Cc1cc(=O)oc2cc(NC(=S)Nc3cnn(Cc4ccccc4F)c3)ccc12. The summed E-state index contributed by atoms with van der Waals surface area (Å²) < 4.78 is 20.7. The van der Waals surface area contributed by atoms with E-state index in [4.69, 9.17) is 16.6 Å². The van der Waals surface area contributed by atoms with Crippen molar-refractivity contribution < 1.29 is 8.81 Å². The molecule has 0 aliphatic carbocycles. The van der Waals surface area contributed by atoms with E-state index in [1.54, 1.807) is 41.3 Å². The van der Waals surface area contributed by atoms with Crippen molar-refractivity contribution in [3.8, 4) is 0 Å². The number of nitrogens with zero attached hydrogens (tertiary/aromatic N) is 2. The first-order valence-electron chi connectivity index (χ1n) is 8.86. The van der Waals surface area contributed by atoms with Crippen LogP contribution in [-0.4, -0.2) is 14.9 Å². The Morgan fingerprint density at radius 3 is 2.79 bits per heavy atom. The minimum Gasteiger partial charge on any atom is -0.423 e. The van der Waals surface area contributed by atoms with Gasteiger partial charge in [-0.15, -0.1) is 0 Å². The van der Waals surface area contributed by atoms with E-state index >= 15 is 0 Å². The molecule has 2 aromatic heterocycles. The van der Waals surface area contributed by atoms with E-state index < -0.39 is 5.63 Å². The first kappa shape index (κ1) is 18.8. The van der Waals surface area contributed by atoms with Gasteiger partial charge in [-0.3, -0.25) is 4.68 Å². The normalized spacial score (nSPS) is 10.8. The number of nitrogens with one attached hydrogen (secondary N) is 2. The van der Waals surface area contributed by atoms with Crippen LogP contribution in [0.2, 0.25) is 0 Å². The topological polar surface area (TPSA) is 72.1 Å². The van der Waals surface area contributed by atoms with Gasteiger partial charge in [0, 0.05) is 35.0 Å². The molecule has 0 saturated heterocycles. The molecule has 2 N–H and O–H groups in total. The zero-order valence-electron chi connectivity index (χ0n) is 15.5.